The average molecular weight is 393 g/mol. The van der Waals surface area contributed by atoms with Gasteiger partial charge in [0.25, 0.3) is 11.6 Å². The van der Waals surface area contributed by atoms with Gasteiger partial charge in [0.2, 0.25) is 0 Å². The zero-order valence-corrected chi connectivity index (χ0v) is 15.4. The molecule has 2 rings (SSSR count). The summed E-state index contributed by atoms with van der Waals surface area (Å²) in [6.07, 6.45) is -0.0448. The number of rotatable bonds is 7. The molecule has 0 heterocycles. The van der Waals surface area contributed by atoms with E-state index in [1.807, 2.05) is 0 Å². The molecule has 0 unspecified atom stereocenters. The van der Waals surface area contributed by atoms with Crippen LogP contribution in [-0.2, 0) is 16.0 Å². The topological polar surface area (TPSA) is 108 Å². The smallest absolute Gasteiger partial charge is 0.328 e. The van der Waals surface area contributed by atoms with Crippen LogP contribution in [0.2, 0.25) is 5.02 Å². The van der Waals surface area contributed by atoms with E-state index in [2.05, 4.69) is 5.32 Å². The molecule has 0 aromatic heterocycles. The number of carbonyl (C=O) groups is 2. The zero-order valence-electron chi connectivity index (χ0n) is 14.6. The van der Waals surface area contributed by atoms with Gasteiger partial charge in [-0.1, -0.05) is 11.6 Å². The van der Waals surface area contributed by atoms with Crippen molar-refractivity contribution in [2.75, 3.05) is 14.2 Å². The Balaban J connectivity index is 2.28. The van der Waals surface area contributed by atoms with E-state index in [0.29, 0.717) is 21.9 Å². The van der Waals surface area contributed by atoms with Crippen molar-refractivity contribution in [3.8, 4) is 5.75 Å². The molecule has 142 valence electrons. The molecule has 0 saturated carbocycles. The molecule has 8 nitrogen and oxygen atoms in total. The minimum atomic E-state index is -1.06. The average Bonchev–Trinajstić information content (AvgIpc) is 2.67. The lowest BCUT2D eigenvalue weighted by atomic mass is 10.0. The summed E-state index contributed by atoms with van der Waals surface area (Å²) in [6.45, 7) is 0. The van der Waals surface area contributed by atoms with Crippen LogP contribution in [0.5, 0.6) is 5.75 Å². The zero-order chi connectivity index (χ0) is 20.0. The summed E-state index contributed by atoms with van der Waals surface area (Å²) in [4.78, 5) is 35.0. The number of methoxy groups -OCH3 is 2. The number of nitro benzene ring substituents is 1. The molecule has 0 saturated heterocycles. The molecule has 2 aromatic carbocycles. The second-order valence-electron chi connectivity index (χ2n) is 5.51. The third kappa shape index (κ3) is 5.18. The molecule has 0 fully saturated rings. The number of nitro groups is 1. The van der Waals surface area contributed by atoms with Gasteiger partial charge in [-0.15, -0.1) is 0 Å². The molecular weight excluding hydrogens is 376 g/mol. The summed E-state index contributed by atoms with van der Waals surface area (Å²) in [7, 11) is 2.60. The van der Waals surface area contributed by atoms with Crippen LogP contribution in [0.15, 0.2) is 42.5 Å². The highest BCUT2D eigenvalue weighted by Crippen LogP contribution is 2.25. The van der Waals surface area contributed by atoms with Crippen molar-refractivity contribution in [2.24, 2.45) is 0 Å². The highest BCUT2D eigenvalue weighted by atomic mass is 35.5. The molecule has 2 aromatic rings. The van der Waals surface area contributed by atoms with Crippen LogP contribution >= 0.6 is 11.6 Å². The number of non-ortho nitro benzene ring substituents is 1. The van der Waals surface area contributed by atoms with Gasteiger partial charge in [-0.25, -0.2) is 4.79 Å². The molecule has 1 N–H and O–H groups in total. The highest BCUT2D eigenvalue weighted by Gasteiger charge is 2.25. The van der Waals surface area contributed by atoms with E-state index in [4.69, 9.17) is 21.1 Å². The van der Waals surface area contributed by atoms with Gasteiger partial charge in [0.15, 0.2) is 0 Å². The van der Waals surface area contributed by atoms with E-state index in [9.17, 15) is 19.7 Å². The molecule has 9 heteroatoms. The van der Waals surface area contributed by atoms with Crippen LogP contribution in [0.1, 0.15) is 15.9 Å². The molecule has 0 aliphatic heterocycles. The third-order valence-corrected chi connectivity index (χ3v) is 4.05. The second kappa shape index (κ2) is 9.00. The molecule has 1 amide bonds. The summed E-state index contributed by atoms with van der Waals surface area (Å²) in [5, 5.41) is 14.1. The number of esters is 1. The van der Waals surface area contributed by atoms with Crippen LogP contribution in [0.4, 0.5) is 5.69 Å². The summed E-state index contributed by atoms with van der Waals surface area (Å²) in [6, 6.07) is 9.09. The van der Waals surface area contributed by atoms with Crippen LogP contribution in [-0.4, -0.2) is 37.1 Å². The van der Waals surface area contributed by atoms with E-state index >= 15 is 0 Å². The van der Waals surface area contributed by atoms with Gasteiger partial charge in [0, 0.05) is 34.7 Å². The largest absolute Gasteiger partial charge is 0.496 e. The predicted molar refractivity (Wildman–Crippen MR) is 98.1 cm³/mol. The first-order valence-corrected chi connectivity index (χ1v) is 8.19. The number of amides is 1. The fourth-order valence-electron chi connectivity index (χ4n) is 2.44. The van der Waals surface area contributed by atoms with Crippen molar-refractivity contribution in [1.82, 2.24) is 5.32 Å². The first-order valence-electron chi connectivity index (χ1n) is 7.81. The Kier molecular flexibility index (Phi) is 6.73. The van der Waals surface area contributed by atoms with Crippen molar-refractivity contribution >= 4 is 29.2 Å². The number of benzene rings is 2. The van der Waals surface area contributed by atoms with Crippen molar-refractivity contribution in [2.45, 2.75) is 12.5 Å². The number of hydrogen-bond donors (Lipinski definition) is 1. The van der Waals surface area contributed by atoms with Crippen LogP contribution in [0.25, 0.3) is 0 Å². The Morgan fingerprint density at radius 3 is 2.41 bits per heavy atom. The lowest BCUT2D eigenvalue weighted by Gasteiger charge is -2.18. The number of carbonyl (C=O) groups excluding carboxylic acids is 2. The van der Waals surface area contributed by atoms with Crippen molar-refractivity contribution in [3.05, 3.63) is 68.7 Å². The van der Waals surface area contributed by atoms with E-state index < -0.39 is 22.8 Å². The van der Waals surface area contributed by atoms with Gasteiger partial charge in [-0.2, -0.15) is 0 Å². The van der Waals surface area contributed by atoms with Crippen LogP contribution < -0.4 is 10.1 Å². The Hall–Kier alpha value is -3.13. The first kappa shape index (κ1) is 20.2. The van der Waals surface area contributed by atoms with Gasteiger partial charge in [-0.3, -0.25) is 14.9 Å². The molecule has 27 heavy (non-hydrogen) atoms. The number of nitrogens with zero attached hydrogens (tertiary/aromatic N) is 1. The second-order valence-corrected chi connectivity index (χ2v) is 5.95. The number of halogens is 1. The molecule has 0 spiro atoms. The Bertz CT molecular complexity index is 853. The number of hydrogen-bond acceptors (Lipinski definition) is 6. The molecule has 1 atom stereocenters. The lowest BCUT2D eigenvalue weighted by Crippen LogP contribution is -2.43. The van der Waals surface area contributed by atoms with E-state index in [1.54, 1.807) is 12.1 Å². The molecule has 0 aliphatic carbocycles. The summed E-state index contributed by atoms with van der Waals surface area (Å²) < 4.78 is 9.94. The highest BCUT2D eigenvalue weighted by molar-refractivity contribution is 6.30. The maximum Gasteiger partial charge on any atom is 0.328 e. The normalized spacial score (nSPS) is 11.4. The minimum Gasteiger partial charge on any atom is -0.496 e. The monoisotopic (exact) mass is 392 g/mol. The number of ether oxygens (including phenoxy) is 2. The molecule has 0 radical (unpaired) electrons. The molecule has 0 aliphatic rings. The van der Waals surface area contributed by atoms with Gasteiger partial charge < -0.3 is 14.8 Å². The van der Waals surface area contributed by atoms with Crippen LogP contribution in [0.3, 0.4) is 0 Å². The molecular formula is C18H17ClN2O6. The maximum absolute atomic E-state index is 12.4. The maximum atomic E-state index is 12.4. The summed E-state index contributed by atoms with van der Waals surface area (Å²) in [5.41, 5.74) is 0.538. The van der Waals surface area contributed by atoms with Crippen LogP contribution in [0, 0.1) is 10.1 Å². The fourth-order valence-corrected chi connectivity index (χ4v) is 2.56. The van der Waals surface area contributed by atoms with E-state index in [1.165, 1.54) is 44.6 Å². The fraction of sp³-hybridized carbons (Fsp3) is 0.222. The van der Waals surface area contributed by atoms with Gasteiger partial charge in [-0.05, 0) is 30.3 Å². The molecule has 0 bridgehead atoms. The first-order chi connectivity index (χ1) is 12.8. The Labute approximate surface area is 160 Å². The van der Waals surface area contributed by atoms with Gasteiger partial charge >= 0.3 is 5.97 Å². The van der Waals surface area contributed by atoms with Crippen molar-refractivity contribution in [1.29, 1.82) is 0 Å². The SMILES string of the molecule is COC(=O)[C@H](Cc1cc([N+](=O)[O-])ccc1OC)NC(=O)c1ccc(Cl)cc1. The quantitative estimate of drug-likeness (QED) is 0.441. The van der Waals surface area contributed by atoms with E-state index in [0.717, 1.165) is 0 Å². The van der Waals surface area contributed by atoms with Gasteiger partial charge in [0.1, 0.15) is 11.8 Å². The number of nitrogens with one attached hydrogen (secondary N) is 1. The van der Waals surface area contributed by atoms with Crippen molar-refractivity contribution in [3.63, 3.8) is 0 Å². The third-order valence-electron chi connectivity index (χ3n) is 3.80. The summed E-state index contributed by atoms with van der Waals surface area (Å²) >= 11 is 5.80. The predicted octanol–water partition coefficient (Wildman–Crippen LogP) is 2.77. The lowest BCUT2D eigenvalue weighted by molar-refractivity contribution is -0.384. The standard InChI is InChI=1S/C18H17ClN2O6/c1-26-16-8-7-14(21(24)25)9-12(16)10-15(18(23)27-2)20-17(22)11-3-5-13(19)6-4-11/h3-9,15H,10H2,1-2H3,(H,20,22)/t15-/m0/s1. The van der Waals surface area contributed by atoms with E-state index in [-0.39, 0.29) is 12.1 Å². The summed E-state index contributed by atoms with van der Waals surface area (Å²) in [5.74, 6) is -0.840. The minimum absolute atomic E-state index is 0.0448. The van der Waals surface area contributed by atoms with Gasteiger partial charge in [0.05, 0.1) is 19.1 Å². The Morgan fingerprint density at radius 1 is 1.19 bits per heavy atom. The van der Waals surface area contributed by atoms with Crippen molar-refractivity contribution < 1.29 is 24.0 Å². The Morgan fingerprint density at radius 2 is 1.85 bits per heavy atom.